The highest BCUT2D eigenvalue weighted by atomic mass is 16.5. The zero-order chi connectivity index (χ0) is 21.2. The van der Waals surface area contributed by atoms with Gasteiger partial charge in [-0.05, 0) is 42.2 Å². The van der Waals surface area contributed by atoms with Crippen LogP contribution in [0.3, 0.4) is 0 Å². The van der Waals surface area contributed by atoms with Crippen LogP contribution in [0.25, 0.3) is 0 Å². The molecule has 5 rings (SSSR count). The van der Waals surface area contributed by atoms with Crippen molar-refractivity contribution in [3.05, 3.63) is 59.9 Å². The van der Waals surface area contributed by atoms with Gasteiger partial charge in [0.2, 0.25) is 5.91 Å². The van der Waals surface area contributed by atoms with Crippen molar-refractivity contribution in [1.82, 2.24) is 14.8 Å². The van der Waals surface area contributed by atoms with Crippen molar-refractivity contribution in [1.29, 1.82) is 0 Å². The monoisotopic (exact) mass is 420 g/mol. The van der Waals surface area contributed by atoms with Crippen molar-refractivity contribution in [3.63, 3.8) is 0 Å². The highest BCUT2D eigenvalue weighted by molar-refractivity contribution is 5.90. The number of carbonyl (C=O) groups excluding carboxylic acids is 2. The Morgan fingerprint density at radius 2 is 1.77 bits per heavy atom. The third kappa shape index (κ3) is 4.28. The largest absolute Gasteiger partial charge is 0.381 e. The number of aromatic nitrogens is 1. The molecular formula is C24H28N4O3. The Kier molecular flexibility index (Phi) is 5.59. The highest BCUT2D eigenvalue weighted by Crippen LogP contribution is 2.31. The van der Waals surface area contributed by atoms with Crippen LogP contribution in [0.5, 0.6) is 0 Å². The molecule has 3 aliphatic heterocycles. The second kappa shape index (κ2) is 8.67. The molecule has 0 radical (unpaired) electrons. The molecule has 162 valence electrons. The SMILES string of the molecule is O=C(Nc1ccc(C2CCN(C(=O)C3CCOC3)C2)cc1)N1CC(c2cccnc2)C1. The van der Waals surface area contributed by atoms with E-state index in [4.69, 9.17) is 4.74 Å². The van der Waals surface area contributed by atoms with Gasteiger partial charge in [-0.2, -0.15) is 0 Å². The molecule has 1 aromatic heterocycles. The van der Waals surface area contributed by atoms with E-state index in [0.29, 0.717) is 38.1 Å². The van der Waals surface area contributed by atoms with E-state index >= 15 is 0 Å². The molecule has 0 saturated carbocycles. The van der Waals surface area contributed by atoms with E-state index in [9.17, 15) is 9.59 Å². The lowest BCUT2D eigenvalue weighted by Crippen LogP contribution is -2.50. The van der Waals surface area contributed by atoms with Crippen molar-refractivity contribution >= 4 is 17.6 Å². The van der Waals surface area contributed by atoms with Crippen molar-refractivity contribution in [3.8, 4) is 0 Å². The molecule has 2 aromatic rings. The third-order valence-corrected chi connectivity index (χ3v) is 6.74. The van der Waals surface area contributed by atoms with Crippen LogP contribution in [-0.4, -0.2) is 66.1 Å². The summed E-state index contributed by atoms with van der Waals surface area (Å²) in [7, 11) is 0. The molecule has 4 heterocycles. The summed E-state index contributed by atoms with van der Waals surface area (Å²) in [6.45, 7) is 4.27. The molecule has 1 N–H and O–H groups in total. The first kappa shape index (κ1) is 20.0. The van der Waals surface area contributed by atoms with Gasteiger partial charge < -0.3 is 19.9 Å². The second-order valence-corrected chi connectivity index (χ2v) is 8.77. The zero-order valence-electron chi connectivity index (χ0n) is 17.6. The Balaban J connectivity index is 1.11. The Morgan fingerprint density at radius 3 is 2.48 bits per heavy atom. The maximum absolute atomic E-state index is 12.6. The van der Waals surface area contributed by atoms with Crippen molar-refractivity contribution < 1.29 is 14.3 Å². The molecule has 0 bridgehead atoms. The minimum atomic E-state index is -0.0655. The van der Waals surface area contributed by atoms with Gasteiger partial charge >= 0.3 is 6.03 Å². The zero-order valence-corrected chi connectivity index (χ0v) is 17.6. The Bertz CT molecular complexity index is 922. The molecule has 0 aliphatic carbocycles. The van der Waals surface area contributed by atoms with Crippen LogP contribution in [0.4, 0.5) is 10.5 Å². The van der Waals surface area contributed by atoms with Gasteiger partial charge in [0.1, 0.15) is 0 Å². The number of carbonyl (C=O) groups is 2. The lowest BCUT2D eigenvalue weighted by Gasteiger charge is -2.39. The minimum Gasteiger partial charge on any atom is -0.381 e. The number of pyridine rings is 1. The number of rotatable bonds is 4. The van der Waals surface area contributed by atoms with Gasteiger partial charge in [0.15, 0.2) is 0 Å². The molecule has 7 nitrogen and oxygen atoms in total. The molecule has 3 aliphatic rings. The van der Waals surface area contributed by atoms with E-state index in [0.717, 1.165) is 31.6 Å². The van der Waals surface area contributed by atoms with Crippen LogP contribution in [0, 0.1) is 5.92 Å². The van der Waals surface area contributed by atoms with Gasteiger partial charge in [-0.15, -0.1) is 0 Å². The molecule has 3 amide bonds. The number of hydrogen-bond donors (Lipinski definition) is 1. The van der Waals surface area contributed by atoms with Crippen molar-refractivity contribution in [2.24, 2.45) is 5.92 Å². The van der Waals surface area contributed by atoms with Gasteiger partial charge in [-0.1, -0.05) is 18.2 Å². The maximum Gasteiger partial charge on any atom is 0.321 e. The molecule has 2 unspecified atom stereocenters. The molecule has 31 heavy (non-hydrogen) atoms. The highest BCUT2D eigenvalue weighted by Gasteiger charge is 2.34. The Labute approximate surface area is 182 Å². The molecule has 3 saturated heterocycles. The summed E-state index contributed by atoms with van der Waals surface area (Å²) in [5.41, 5.74) is 3.20. The van der Waals surface area contributed by atoms with Gasteiger partial charge in [-0.3, -0.25) is 9.78 Å². The summed E-state index contributed by atoms with van der Waals surface area (Å²) in [6.07, 6.45) is 5.46. The predicted molar refractivity (Wildman–Crippen MR) is 117 cm³/mol. The first-order valence-electron chi connectivity index (χ1n) is 11.1. The van der Waals surface area contributed by atoms with Crippen LogP contribution >= 0.6 is 0 Å². The Hall–Kier alpha value is -2.93. The van der Waals surface area contributed by atoms with Gasteiger partial charge in [0.05, 0.1) is 12.5 Å². The summed E-state index contributed by atoms with van der Waals surface area (Å²) >= 11 is 0. The fourth-order valence-corrected chi connectivity index (χ4v) is 4.73. The van der Waals surface area contributed by atoms with E-state index in [2.05, 4.69) is 28.5 Å². The first-order chi connectivity index (χ1) is 15.2. The maximum atomic E-state index is 12.6. The topological polar surface area (TPSA) is 74.8 Å². The Morgan fingerprint density at radius 1 is 0.968 bits per heavy atom. The lowest BCUT2D eigenvalue weighted by molar-refractivity contribution is -0.134. The van der Waals surface area contributed by atoms with Crippen molar-refractivity contribution in [2.45, 2.75) is 24.7 Å². The van der Waals surface area contributed by atoms with E-state index < -0.39 is 0 Å². The van der Waals surface area contributed by atoms with Crippen LogP contribution < -0.4 is 5.32 Å². The van der Waals surface area contributed by atoms with Crippen LogP contribution in [0.2, 0.25) is 0 Å². The number of anilines is 1. The van der Waals surface area contributed by atoms with E-state index in [1.54, 1.807) is 6.20 Å². The average molecular weight is 421 g/mol. The quantitative estimate of drug-likeness (QED) is 0.825. The second-order valence-electron chi connectivity index (χ2n) is 8.77. The van der Waals surface area contributed by atoms with Crippen LogP contribution in [0.1, 0.15) is 35.8 Å². The number of nitrogens with one attached hydrogen (secondary N) is 1. The molecule has 1 aromatic carbocycles. The molecule has 0 spiro atoms. The fourth-order valence-electron chi connectivity index (χ4n) is 4.73. The molecular weight excluding hydrogens is 392 g/mol. The van der Waals surface area contributed by atoms with E-state index in [-0.39, 0.29) is 17.9 Å². The number of urea groups is 1. The minimum absolute atomic E-state index is 0.0376. The normalized spacial score (nSPS) is 23.6. The first-order valence-corrected chi connectivity index (χ1v) is 11.1. The smallest absolute Gasteiger partial charge is 0.321 e. The van der Waals surface area contributed by atoms with Gasteiger partial charge in [-0.25, -0.2) is 4.79 Å². The lowest BCUT2D eigenvalue weighted by atomic mass is 9.93. The third-order valence-electron chi connectivity index (χ3n) is 6.74. The van der Waals surface area contributed by atoms with Gasteiger partial charge in [0, 0.05) is 62.7 Å². The number of ether oxygens (including phenoxy) is 1. The number of nitrogens with zero attached hydrogens (tertiary/aromatic N) is 3. The van der Waals surface area contributed by atoms with E-state index in [1.807, 2.05) is 34.2 Å². The summed E-state index contributed by atoms with van der Waals surface area (Å²) in [5, 5.41) is 2.99. The van der Waals surface area contributed by atoms with Gasteiger partial charge in [0.25, 0.3) is 0 Å². The number of hydrogen-bond acceptors (Lipinski definition) is 4. The average Bonchev–Trinajstić information content (AvgIpc) is 3.46. The summed E-state index contributed by atoms with van der Waals surface area (Å²) in [6, 6.07) is 12.0. The van der Waals surface area contributed by atoms with Crippen molar-refractivity contribution in [2.75, 3.05) is 44.7 Å². The number of benzene rings is 1. The predicted octanol–water partition coefficient (Wildman–Crippen LogP) is 3.07. The summed E-state index contributed by atoms with van der Waals surface area (Å²) in [5.74, 6) is 0.996. The van der Waals surface area contributed by atoms with E-state index in [1.165, 1.54) is 11.1 Å². The van der Waals surface area contributed by atoms with Crippen LogP contribution in [0.15, 0.2) is 48.8 Å². The number of amides is 3. The summed E-state index contributed by atoms with van der Waals surface area (Å²) < 4.78 is 5.36. The molecule has 7 heteroatoms. The standard InChI is InChI=1S/C24H28N4O3/c29-23(20-8-11-31-16-20)27-10-7-19(13-27)17-3-5-22(6-4-17)26-24(30)28-14-21(15-28)18-2-1-9-25-12-18/h1-6,9,12,19-21H,7-8,10-11,13-16H2,(H,26,30). The van der Waals surface area contributed by atoms with Crippen LogP contribution in [-0.2, 0) is 9.53 Å². The fraction of sp³-hybridized carbons (Fsp3) is 0.458. The number of likely N-dealkylation sites (tertiary alicyclic amines) is 2. The molecule has 3 fully saturated rings. The summed E-state index contributed by atoms with van der Waals surface area (Å²) in [4.78, 5) is 33.1. The molecule has 2 atom stereocenters.